The fraction of sp³-hybridized carbons (Fsp3) is 0.375. The minimum Gasteiger partial charge on any atom is -0.459 e. The van der Waals surface area contributed by atoms with Crippen LogP contribution >= 0.6 is 11.6 Å². The topological polar surface area (TPSA) is 69.7 Å². The quantitative estimate of drug-likeness (QED) is 0.221. The third-order valence-electron chi connectivity index (χ3n) is 1.06. The molecule has 0 heterocycles. The van der Waals surface area contributed by atoms with Gasteiger partial charge in [0.2, 0.25) is 0 Å². The number of esters is 2. The highest BCUT2D eigenvalue weighted by molar-refractivity contribution is 6.80. The molecule has 0 rings (SSSR count). The summed E-state index contributed by atoms with van der Waals surface area (Å²) in [6.45, 7) is 4.47. The smallest absolute Gasteiger partial charge is 0.391 e. The van der Waals surface area contributed by atoms with Crippen molar-refractivity contribution in [3.8, 4) is 0 Å². The molecule has 0 aromatic carbocycles. The van der Waals surface area contributed by atoms with Gasteiger partial charge in [-0.1, -0.05) is 6.58 Å². The molecule has 0 unspecified atom stereocenters. The lowest BCUT2D eigenvalue weighted by Crippen LogP contribution is -2.17. The van der Waals surface area contributed by atoms with Gasteiger partial charge in [-0.3, -0.25) is 4.79 Å². The van der Waals surface area contributed by atoms with Crippen molar-refractivity contribution in [2.75, 3.05) is 13.2 Å². The number of ether oxygens (including phenoxy) is 2. The maximum atomic E-state index is 10.8. The Morgan fingerprint density at radius 1 is 1.14 bits per heavy atom. The number of halogens is 1. The Hall–Kier alpha value is -1.36. The Morgan fingerprint density at radius 3 is 1.93 bits per heavy atom. The minimum atomic E-state index is -1.21. The molecule has 5 nitrogen and oxygen atoms in total. The maximum Gasteiger partial charge on any atom is 0.391 e. The number of carbonyl (C=O) groups excluding carboxylic acids is 3. The Balaban J connectivity index is 3.57. The Kier molecular flexibility index (Phi) is 5.55. The maximum absolute atomic E-state index is 10.8. The van der Waals surface area contributed by atoms with Crippen LogP contribution in [0.2, 0.25) is 0 Å². The predicted octanol–water partition coefficient (Wildman–Crippen LogP) is 0.414. The molecule has 0 aliphatic rings. The van der Waals surface area contributed by atoms with Crippen LogP contribution in [0.3, 0.4) is 0 Å². The van der Waals surface area contributed by atoms with Gasteiger partial charge in [-0.2, -0.15) is 0 Å². The second-order valence-electron chi connectivity index (χ2n) is 2.33. The highest BCUT2D eigenvalue weighted by atomic mass is 35.5. The monoisotopic (exact) mass is 220 g/mol. The third-order valence-corrected chi connectivity index (χ3v) is 1.21. The molecule has 0 aliphatic carbocycles. The molecule has 0 atom stereocenters. The first-order valence-electron chi connectivity index (χ1n) is 3.64. The third kappa shape index (κ3) is 5.31. The lowest BCUT2D eigenvalue weighted by atomic mass is 10.4. The molecule has 0 amide bonds. The highest BCUT2D eigenvalue weighted by Crippen LogP contribution is 1.92. The molecule has 0 spiro atoms. The van der Waals surface area contributed by atoms with Crippen LogP contribution in [-0.2, 0) is 23.9 Å². The van der Waals surface area contributed by atoms with Crippen molar-refractivity contribution in [2.45, 2.75) is 6.92 Å². The zero-order valence-electron chi connectivity index (χ0n) is 7.54. The number of carbonyl (C=O) groups is 3. The fourth-order valence-corrected chi connectivity index (χ4v) is 0.503. The van der Waals surface area contributed by atoms with Crippen molar-refractivity contribution < 1.29 is 23.9 Å². The largest absolute Gasteiger partial charge is 0.459 e. The summed E-state index contributed by atoms with van der Waals surface area (Å²) in [7, 11) is 0. The summed E-state index contributed by atoms with van der Waals surface area (Å²) in [5, 5.41) is -1.21. The van der Waals surface area contributed by atoms with Crippen LogP contribution in [0.5, 0.6) is 0 Å². The van der Waals surface area contributed by atoms with E-state index in [4.69, 9.17) is 11.6 Å². The van der Waals surface area contributed by atoms with E-state index in [-0.39, 0.29) is 18.8 Å². The average molecular weight is 221 g/mol. The molecule has 0 saturated heterocycles. The van der Waals surface area contributed by atoms with Crippen LogP contribution in [0.1, 0.15) is 6.92 Å². The molecule has 0 aromatic rings. The van der Waals surface area contributed by atoms with Gasteiger partial charge in [0.1, 0.15) is 13.2 Å². The zero-order chi connectivity index (χ0) is 11.1. The van der Waals surface area contributed by atoms with Gasteiger partial charge in [0.05, 0.1) is 0 Å². The van der Waals surface area contributed by atoms with E-state index in [2.05, 4.69) is 16.1 Å². The van der Waals surface area contributed by atoms with Crippen molar-refractivity contribution in [3.05, 3.63) is 12.2 Å². The average Bonchev–Trinajstić information content (AvgIpc) is 2.11. The lowest BCUT2D eigenvalue weighted by Gasteiger charge is -2.03. The van der Waals surface area contributed by atoms with Gasteiger partial charge in [0.25, 0.3) is 0 Å². The molecule has 6 heteroatoms. The van der Waals surface area contributed by atoms with Crippen LogP contribution in [0, 0.1) is 0 Å². The summed E-state index contributed by atoms with van der Waals surface area (Å²) < 4.78 is 8.87. The van der Waals surface area contributed by atoms with Crippen LogP contribution in [0.25, 0.3) is 0 Å². The van der Waals surface area contributed by atoms with E-state index in [0.717, 1.165) is 0 Å². The van der Waals surface area contributed by atoms with Crippen LogP contribution < -0.4 is 0 Å². The molecule has 0 N–H and O–H groups in total. The molecular weight excluding hydrogens is 212 g/mol. The minimum absolute atomic E-state index is 0.137. The van der Waals surface area contributed by atoms with Gasteiger partial charge in [0.15, 0.2) is 0 Å². The van der Waals surface area contributed by atoms with Crippen LogP contribution in [0.15, 0.2) is 12.2 Å². The normalized spacial score (nSPS) is 9.00. The number of rotatable bonds is 5. The van der Waals surface area contributed by atoms with Crippen LogP contribution in [0.4, 0.5) is 0 Å². The van der Waals surface area contributed by atoms with Gasteiger partial charge < -0.3 is 9.47 Å². The SMILES string of the molecule is C=C(C)C(=O)OCCOC(=O)C(=O)Cl. The Labute approximate surface area is 85.6 Å². The zero-order valence-corrected chi connectivity index (χ0v) is 8.30. The van der Waals surface area contributed by atoms with Gasteiger partial charge in [-0.15, -0.1) is 0 Å². The second-order valence-corrected chi connectivity index (χ2v) is 2.67. The summed E-state index contributed by atoms with van der Waals surface area (Å²) >= 11 is 4.78. The van der Waals surface area contributed by atoms with Gasteiger partial charge >= 0.3 is 17.2 Å². The lowest BCUT2D eigenvalue weighted by molar-refractivity contribution is -0.153. The van der Waals surface area contributed by atoms with E-state index >= 15 is 0 Å². The van der Waals surface area contributed by atoms with Crippen molar-refractivity contribution in [1.29, 1.82) is 0 Å². The molecular formula is C8H9ClO5. The van der Waals surface area contributed by atoms with Crippen LogP contribution in [-0.4, -0.2) is 30.4 Å². The Morgan fingerprint density at radius 2 is 1.57 bits per heavy atom. The predicted molar refractivity (Wildman–Crippen MR) is 47.6 cm³/mol. The first-order chi connectivity index (χ1) is 6.45. The summed E-state index contributed by atoms with van der Waals surface area (Å²) in [6, 6.07) is 0. The summed E-state index contributed by atoms with van der Waals surface area (Å²) in [6.07, 6.45) is 0. The molecule has 0 aliphatic heterocycles. The van der Waals surface area contributed by atoms with Gasteiger partial charge in [0, 0.05) is 5.57 Å². The molecule has 0 saturated carbocycles. The number of hydrogen-bond donors (Lipinski definition) is 0. The van der Waals surface area contributed by atoms with Crippen molar-refractivity contribution in [1.82, 2.24) is 0 Å². The summed E-state index contributed by atoms with van der Waals surface area (Å²) in [4.78, 5) is 31.4. The van der Waals surface area contributed by atoms with E-state index in [9.17, 15) is 14.4 Å². The first kappa shape index (κ1) is 12.6. The highest BCUT2D eigenvalue weighted by Gasteiger charge is 2.11. The van der Waals surface area contributed by atoms with Crippen molar-refractivity contribution in [2.24, 2.45) is 0 Å². The van der Waals surface area contributed by atoms with E-state index < -0.39 is 17.2 Å². The molecule has 14 heavy (non-hydrogen) atoms. The first-order valence-corrected chi connectivity index (χ1v) is 4.02. The molecule has 0 fully saturated rings. The molecule has 0 aromatic heterocycles. The van der Waals surface area contributed by atoms with Crippen molar-refractivity contribution in [3.63, 3.8) is 0 Å². The summed E-state index contributed by atoms with van der Waals surface area (Å²) in [5.74, 6) is -1.75. The van der Waals surface area contributed by atoms with E-state index in [1.54, 1.807) is 0 Å². The summed E-state index contributed by atoms with van der Waals surface area (Å²) in [5.41, 5.74) is 0.241. The van der Waals surface area contributed by atoms with E-state index in [1.165, 1.54) is 6.92 Å². The molecule has 78 valence electrons. The number of hydrogen-bond acceptors (Lipinski definition) is 5. The molecule has 0 bridgehead atoms. The standard InChI is InChI=1S/C8H9ClO5/c1-5(2)7(11)13-3-4-14-8(12)6(9)10/h1,3-4H2,2H3. The van der Waals surface area contributed by atoms with Crippen molar-refractivity contribution >= 4 is 28.8 Å². The second kappa shape index (κ2) is 6.15. The van der Waals surface area contributed by atoms with Gasteiger partial charge in [-0.25, -0.2) is 9.59 Å². The Bertz CT molecular complexity index is 243. The fourth-order valence-electron chi connectivity index (χ4n) is 0.449. The van der Waals surface area contributed by atoms with E-state index in [1.807, 2.05) is 0 Å². The van der Waals surface area contributed by atoms with E-state index in [0.29, 0.717) is 0 Å². The molecule has 0 radical (unpaired) electrons. The van der Waals surface area contributed by atoms with Gasteiger partial charge in [-0.05, 0) is 18.5 Å².